The number of benzene rings is 11. The van der Waals surface area contributed by atoms with Gasteiger partial charge in [-0.3, -0.25) is 0 Å². The van der Waals surface area contributed by atoms with E-state index < -0.39 is 0 Å². The molecule has 0 radical (unpaired) electrons. The Bertz CT molecular complexity index is 4250. The van der Waals surface area contributed by atoms with E-state index in [1.165, 1.54) is 0 Å². The Morgan fingerprint density at radius 2 is 0.500 bits per heavy atom. The van der Waals surface area contributed by atoms with E-state index in [1.54, 1.807) is 0 Å². The molecule has 0 N–H and O–H groups in total. The molecule has 14 rings (SSSR count). The van der Waals surface area contributed by atoms with Crippen LogP contribution in [0.3, 0.4) is 0 Å². The average molecular weight is 994 g/mol. The van der Waals surface area contributed by atoms with Gasteiger partial charge in [-0.2, -0.15) is 10.5 Å². The van der Waals surface area contributed by atoms with Crippen LogP contribution >= 0.6 is 0 Å². The number of nitriles is 2. The Kier molecular flexibility index (Phi) is 11.1. The molecule has 0 saturated carbocycles. The maximum absolute atomic E-state index is 11.1. The van der Waals surface area contributed by atoms with E-state index in [0.29, 0.717) is 39.7 Å². The van der Waals surface area contributed by atoms with Gasteiger partial charge in [0.2, 0.25) is 0 Å². The second-order valence-corrected chi connectivity index (χ2v) is 19.4. The van der Waals surface area contributed by atoms with E-state index in [9.17, 15) is 10.5 Å². The molecule has 3 heterocycles. The number of hydrogen-bond donors (Lipinski definition) is 0. The SMILES string of the molecule is N#Cc1cc(-c2nc(-c3ccccc3)nc(-c3ccc(-n4c5ccc(-c6ccccc6)cc5c5cc(-c6ccccc6)ccc54)c(C#N)c3)n2)ccc1-n1c2ccc(-c3ccccc3)cc2c2cc(-c3ccccc3)ccc21. The van der Waals surface area contributed by atoms with Crippen LogP contribution in [0.5, 0.6) is 0 Å². The third-order valence-electron chi connectivity index (χ3n) is 14.9. The fourth-order valence-corrected chi connectivity index (χ4v) is 11.1. The Labute approximate surface area is 450 Å². The molecule has 0 fully saturated rings. The highest BCUT2D eigenvalue weighted by atomic mass is 15.0. The summed E-state index contributed by atoms with van der Waals surface area (Å²) >= 11 is 0. The zero-order valence-electron chi connectivity index (χ0n) is 42.0. The van der Waals surface area contributed by atoms with Gasteiger partial charge in [0.15, 0.2) is 17.5 Å². The van der Waals surface area contributed by atoms with Gasteiger partial charge in [0.1, 0.15) is 12.1 Å². The molecule has 14 aromatic rings. The van der Waals surface area contributed by atoms with Crippen molar-refractivity contribution in [1.82, 2.24) is 24.1 Å². The first kappa shape index (κ1) is 45.6. The van der Waals surface area contributed by atoms with Gasteiger partial charge in [0.25, 0.3) is 0 Å². The first-order valence-corrected chi connectivity index (χ1v) is 25.9. The fraction of sp³-hybridized carbons (Fsp3) is 0. The zero-order chi connectivity index (χ0) is 52.1. The average Bonchev–Trinajstić information content (AvgIpc) is 4.26. The maximum atomic E-state index is 11.1. The van der Waals surface area contributed by atoms with Crippen LogP contribution in [0, 0.1) is 22.7 Å². The lowest BCUT2D eigenvalue weighted by atomic mass is 10.0. The smallest absolute Gasteiger partial charge is 0.164 e. The number of nitrogens with zero attached hydrogens (tertiary/aromatic N) is 7. The van der Waals surface area contributed by atoms with Crippen molar-refractivity contribution in [2.75, 3.05) is 0 Å². The first-order chi connectivity index (χ1) is 38.6. The zero-order valence-corrected chi connectivity index (χ0v) is 42.0. The van der Waals surface area contributed by atoms with Gasteiger partial charge >= 0.3 is 0 Å². The highest BCUT2D eigenvalue weighted by Gasteiger charge is 2.22. The third kappa shape index (κ3) is 7.95. The Balaban J connectivity index is 0.899. The molecule has 0 aliphatic carbocycles. The van der Waals surface area contributed by atoms with Crippen molar-refractivity contribution in [2.24, 2.45) is 0 Å². The van der Waals surface area contributed by atoms with Crippen LogP contribution in [0.4, 0.5) is 0 Å². The Hall–Kier alpha value is -11.0. The molecule has 78 heavy (non-hydrogen) atoms. The van der Waals surface area contributed by atoms with E-state index in [4.69, 9.17) is 15.0 Å². The molecule has 0 amide bonds. The summed E-state index contributed by atoms with van der Waals surface area (Å²) in [5.41, 5.74) is 17.4. The summed E-state index contributed by atoms with van der Waals surface area (Å²) in [4.78, 5) is 15.3. The lowest BCUT2D eigenvalue weighted by Gasteiger charge is -2.14. The number of hydrogen-bond acceptors (Lipinski definition) is 5. The summed E-state index contributed by atoms with van der Waals surface area (Å²) in [5, 5.41) is 26.5. The number of rotatable bonds is 9. The number of aromatic nitrogens is 5. The van der Waals surface area contributed by atoms with Crippen LogP contribution in [-0.2, 0) is 0 Å². The minimum Gasteiger partial charge on any atom is -0.308 e. The van der Waals surface area contributed by atoms with E-state index >= 15 is 0 Å². The summed E-state index contributed by atoms with van der Waals surface area (Å²) in [5.74, 6) is 1.27. The minimum absolute atomic E-state index is 0.401. The molecule has 0 bridgehead atoms. The lowest BCUT2D eigenvalue weighted by Crippen LogP contribution is -2.03. The molecule has 7 heteroatoms. The van der Waals surface area contributed by atoms with Crippen molar-refractivity contribution >= 4 is 43.6 Å². The van der Waals surface area contributed by atoms with Gasteiger partial charge in [0, 0.05) is 38.2 Å². The van der Waals surface area contributed by atoms with E-state index in [-0.39, 0.29) is 0 Å². The summed E-state index contributed by atoms with van der Waals surface area (Å²) in [7, 11) is 0. The minimum atomic E-state index is 0.401. The topological polar surface area (TPSA) is 96.1 Å². The Morgan fingerprint density at radius 1 is 0.244 bits per heavy atom. The summed E-state index contributed by atoms with van der Waals surface area (Å²) in [6, 6.07) is 94.5. The summed E-state index contributed by atoms with van der Waals surface area (Å²) < 4.78 is 4.38. The fourth-order valence-electron chi connectivity index (χ4n) is 11.1. The van der Waals surface area contributed by atoms with Gasteiger partial charge in [0.05, 0.1) is 44.6 Å². The quantitative estimate of drug-likeness (QED) is 0.144. The highest BCUT2D eigenvalue weighted by molar-refractivity contribution is 6.13. The van der Waals surface area contributed by atoms with Crippen LogP contribution in [0.2, 0.25) is 0 Å². The molecular formula is C71H43N7. The predicted molar refractivity (Wildman–Crippen MR) is 316 cm³/mol. The molecule has 362 valence electrons. The second kappa shape index (κ2) is 19.1. The molecule has 0 atom stereocenters. The maximum Gasteiger partial charge on any atom is 0.164 e. The third-order valence-corrected chi connectivity index (χ3v) is 14.9. The van der Waals surface area contributed by atoms with Crippen LogP contribution in [-0.4, -0.2) is 24.1 Å². The monoisotopic (exact) mass is 993 g/mol. The van der Waals surface area contributed by atoms with Crippen molar-refractivity contribution in [3.05, 3.63) is 272 Å². The van der Waals surface area contributed by atoms with Crippen molar-refractivity contribution in [3.63, 3.8) is 0 Å². The van der Waals surface area contributed by atoms with E-state index in [2.05, 4.69) is 191 Å². The van der Waals surface area contributed by atoms with Gasteiger partial charge in [-0.15, -0.1) is 0 Å². The number of fused-ring (bicyclic) bond motifs is 6. The van der Waals surface area contributed by atoms with E-state index in [1.807, 2.05) is 91.0 Å². The molecular weight excluding hydrogens is 951 g/mol. The van der Waals surface area contributed by atoms with Crippen LogP contribution in [0.25, 0.3) is 134 Å². The molecule has 0 aliphatic rings. The first-order valence-electron chi connectivity index (χ1n) is 25.9. The largest absolute Gasteiger partial charge is 0.308 e. The normalized spacial score (nSPS) is 11.3. The van der Waals surface area contributed by atoms with Crippen molar-refractivity contribution in [3.8, 4) is 102 Å². The van der Waals surface area contributed by atoms with Crippen molar-refractivity contribution in [1.29, 1.82) is 10.5 Å². The second-order valence-electron chi connectivity index (χ2n) is 19.4. The van der Waals surface area contributed by atoms with Crippen LogP contribution in [0.1, 0.15) is 11.1 Å². The Morgan fingerprint density at radius 3 is 0.782 bits per heavy atom. The van der Waals surface area contributed by atoms with Crippen molar-refractivity contribution in [2.45, 2.75) is 0 Å². The van der Waals surface area contributed by atoms with Crippen molar-refractivity contribution < 1.29 is 0 Å². The van der Waals surface area contributed by atoms with Crippen LogP contribution in [0.15, 0.2) is 261 Å². The molecule has 0 saturated heterocycles. The molecule has 3 aromatic heterocycles. The molecule has 0 unspecified atom stereocenters. The van der Waals surface area contributed by atoms with Gasteiger partial charge < -0.3 is 9.13 Å². The highest BCUT2D eigenvalue weighted by Crippen LogP contribution is 2.41. The summed E-state index contributed by atoms with van der Waals surface area (Å²) in [6.07, 6.45) is 0. The summed E-state index contributed by atoms with van der Waals surface area (Å²) in [6.45, 7) is 0. The standard InChI is InChI=1S/C71H43N7/c72-44-57-38-55(30-32-63(57)77-65-34-26-51(46-16-6-1-7-17-46)40-59(65)60-41-52(27-35-66(60)77)47-18-8-2-9-19-47)70-74-69(50-24-14-5-15-25-50)75-71(76-70)56-31-33-64(58(39-56)45-73)78-67-36-28-53(48-20-10-3-11-21-48)42-61(67)62-43-54(29-37-68(62)78)49-22-12-4-13-23-49/h1-43H. The molecule has 11 aromatic carbocycles. The van der Waals surface area contributed by atoms with Gasteiger partial charge in [-0.1, -0.05) is 176 Å². The molecule has 0 spiro atoms. The van der Waals surface area contributed by atoms with Gasteiger partial charge in [-0.05, 0) is 129 Å². The molecule has 7 nitrogen and oxygen atoms in total. The molecule has 0 aliphatic heterocycles. The lowest BCUT2D eigenvalue weighted by molar-refractivity contribution is 1.07. The van der Waals surface area contributed by atoms with E-state index in [0.717, 1.165) is 105 Å². The van der Waals surface area contributed by atoms with Gasteiger partial charge in [-0.25, -0.2) is 15.0 Å². The predicted octanol–water partition coefficient (Wildman–Crippen LogP) is 17.5. The van der Waals surface area contributed by atoms with Crippen LogP contribution < -0.4 is 0 Å².